The van der Waals surface area contributed by atoms with Gasteiger partial charge in [0.05, 0.1) is 5.54 Å². The maximum Gasteiger partial charge on any atom is 0.242 e. The fourth-order valence-corrected chi connectivity index (χ4v) is 3.67. The van der Waals surface area contributed by atoms with Gasteiger partial charge in [-0.15, -0.1) is 0 Å². The zero-order chi connectivity index (χ0) is 14.8. The molecule has 114 valence electrons. The van der Waals surface area contributed by atoms with E-state index in [0.717, 1.165) is 38.6 Å². The molecule has 0 radical (unpaired) electrons. The Bertz CT molecular complexity index is 385. The van der Waals surface area contributed by atoms with Gasteiger partial charge < -0.3 is 16.0 Å². The quantitative estimate of drug-likeness (QED) is 0.793. The van der Waals surface area contributed by atoms with E-state index < -0.39 is 5.54 Å². The molecule has 5 nitrogen and oxygen atoms in total. The lowest BCUT2D eigenvalue weighted by atomic mass is 9.76. The normalized spacial score (nSPS) is 34.6. The van der Waals surface area contributed by atoms with Crippen molar-refractivity contribution >= 4 is 11.8 Å². The lowest BCUT2D eigenvalue weighted by molar-refractivity contribution is -0.140. The number of hydrogen-bond acceptors (Lipinski definition) is 3. The van der Waals surface area contributed by atoms with Gasteiger partial charge in [-0.3, -0.25) is 9.59 Å². The summed E-state index contributed by atoms with van der Waals surface area (Å²) in [6.45, 7) is 5.06. The fourth-order valence-electron chi connectivity index (χ4n) is 3.67. The van der Waals surface area contributed by atoms with E-state index in [-0.39, 0.29) is 17.9 Å². The van der Waals surface area contributed by atoms with Gasteiger partial charge in [0.1, 0.15) is 0 Å². The molecule has 1 saturated carbocycles. The Morgan fingerprint density at radius 3 is 2.70 bits per heavy atom. The number of carbonyl (C=O) groups excluding carboxylic acids is 2. The Morgan fingerprint density at radius 1 is 1.30 bits per heavy atom. The maximum absolute atomic E-state index is 12.7. The number of rotatable bonds is 2. The number of amides is 2. The average Bonchev–Trinajstić information content (AvgIpc) is 2.37. The van der Waals surface area contributed by atoms with Gasteiger partial charge in [-0.1, -0.05) is 19.8 Å². The van der Waals surface area contributed by atoms with E-state index in [0.29, 0.717) is 12.5 Å². The van der Waals surface area contributed by atoms with Crippen LogP contribution in [0.15, 0.2) is 0 Å². The molecule has 3 unspecified atom stereocenters. The summed E-state index contributed by atoms with van der Waals surface area (Å²) in [5, 5.41) is 2.92. The Morgan fingerprint density at radius 2 is 2.05 bits per heavy atom. The Hall–Kier alpha value is -1.10. The first kappa shape index (κ1) is 15.3. The second-order valence-corrected chi connectivity index (χ2v) is 6.65. The summed E-state index contributed by atoms with van der Waals surface area (Å²) in [7, 11) is 0. The molecule has 1 heterocycles. The number of nitrogens with zero attached hydrogens (tertiary/aromatic N) is 1. The molecular formula is C15H27N3O2. The van der Waals surface area contributed by atoms with Gasteiger partial charge >= 0.3 is 0 Å². The molecule has 2 aliphatic rings. The average molecular weight is 281 g/mol. The van der Waals surface area contributed by atoms with Crippen LogP contribution in [-0.4, -0.2) is 41.4 Å². The molecule has 0 aromatic heterocycles. The molecule has 2 rings (SSSR count). The molecule has 2 fully saturated rings. The van der Waals surface area contributed by atoms with Crippen LogP contribution in [0.1, 0.15) is 52.4 Å². The molecule has 5 heteroatoms. The van der Waals surface area contributed by atoms with Crippen molar-refractivity contribution in [1.82, 2.24) is 10.2 Å². The summed E-state index contributed by atoms with van der Waals surface area (Å²) in [5.74, 6) is 0.575. The molecule has 1 aliphatic carbocycles. The largest absolute Gasteiger partial charge is 0.352 e. The fraction of sp³-hybridized carbons (Fsp3) is 0.867. The SMILES string of the molecule is CC(=O)NC1CCCN(C(=O)C2(N)CCCC(C)C2)C1. The second-order valence-electron chi connectivity index (χ2n) is 6.65. The summed E-state index contributed by atoms with van der Waals surface area (Å²) in [5.41, 5.74) is 5.71. The predicted molar refractivity (Wildman–Crippen MR) is 78.0 cm³/mol. The van der Waals surface area contributed by atoms with Gasteiger partial charge in [0.15, 0.2) is 0 Å². The van der Waals surface area contributed by atoms with E-state index in [1.54, 1.807) is 0 Å². The molecule has 0 aromatic rings. The lowest BCUT2D eigenvalue weighted by Gasteiger charge is -2.42. The van der Waals surface area contributed by atoms with Gasteiger partial charge in [-0.2, -0.15) is 0 Å². The van der Waals surface area contributed by atoms with Gasteiger partial charge in [0.2, 0.25) is 11.8 Å². The van der Waals surface area contributed by atoms with Gasteiger partial charge in [0.25, 0.3) is 0 Å². The minimum atomic E-state index is -0.685. The van der Waals surface area contributed by atoms with Gasteiger partial charge in [-0.05, 0) is 31.6 Å². The number of piperidine rings is 1. The van der Waals surface area contributed by atoms with Crippen LogP contribution >= 0.6 is 0 Å². The first-order valence-electron chi connectivity index (χ1n) is 7.76. The van der Waals surface area contributed by atoms with Gasteiger partial charge in [0, 0.05) is 26.1 Å². The van der Waals surface area contributed by atoms with Gasteiger partial charge in [-0.25, -0.2) is 0 Å². The summed E-state index contributed by atoms with van der Waals surface area (Å²) >= 11 is 0. The molecule has 2 amide bonds. The van der Waals surface area contributed by atoms with E-state index in [1.807, 2.05) is 4.90 Å². The number of likely N-dealkylation sites (tertiary alicyclic amines) is 1. The lowest BCUT2D eigenvalue weighted by Crippen LogP contribution is -2.60. The minimum absolute atomic E-state index is 0.0296. The third-order valence-electron chi connectivity index (χ3n) is 4.57. The molecule has 0 spiro atoms. The summed E-state index contributed by atoms with van der Waals surface area (Å²) in [6.07, 6.45) is 5.65. The standard InChI is InChI=1S/C15H27N3O2/c1-11-5-3-7-15(16,9-11)14(20)18-8-4-6-13(10-18)17-12(2)19/h11,13H,3-10,16H2,1-2H3,(H,17,19). The van der Waals surface area contributed by atoms with Crippen LogP contribution in [0.5, 0.6) is 0 Å². The highest BCUT2D eigenvalue weighted by atomic mass is 16.2. The first-order valence-corrected chi connectivity index (χ1v) is 7.76. The molecule has 20 heavy (non-hydrogen) atoms. The van der Waals surface area contributed by atoms with Crippen LogP contribution in [0.3, 0.4) is 0 Å². The highest BCUT2D eigenvalue weighted by Crippen LogP contribution is 2.32. The molecule has 1 saturated heterocycles. The predicted octanol–water partition coefficient (Wildman–Crippen LogP) is 1.02. The van der Waals surface area contributed by atoms with E-state index in [4.69, 9.17) is 5.73 Å². The number of nitrogens with one attached hydrogen (secondary N) is 1. The topological polar surface area (TPSA) is 75.4 Å². The zero-order valence-electron chi connectivity index (χ0n) is 12.7. The van der Waals surface area contributed by atoms with E-state index >= 15 is 0 Å². The third-order valence-corrected chi connectivity index (χ3v) is 4.57. The van der Waals surface area contributed by atoms with Crippen molar-refractivity contribution in [2.45, 2.75) is 64.0 Å². The van der Waals surface area contributed by atoms with Crippen LogP contribution < -0.4 is 11.1 Å². The van der Waals surface area contributed by atoms with Crippen molar-refractivity contribution < 1.29 is 9.59 Å². The van der Waals surface area contributed by atoms with E-state index in [9.17, 15) is 9.59 Å². The van der Waals surface area contributed by atoms with Crippen molar-refractivity contribution in [3.05, 3.63) is 0 Å². The summed E-state index contributed by atoms with van der Waals surface area (Å²) < 4.78 is 0. The van der Waals surface area contributed by atoms with Crippen molar-refractivity contribution in [2.75, 3.05) is 13.1 Å². The summed E-state index contributed by atoms with van der Waals surface area (Å²) in [6, 6.07) is 0.0785. The van der Waals surface area contributed by atoms with E-state index in [2.05, 4.69) is 12.2 Å². The zero-order valence-corrected chi connectivity index (χ0v) is 12.7. The van der Waals surface area contributed by atoms with E-state index in [1.165, 1.54) is 13.3 Å². The maximum atomic E-state index is 12.7. The van der Waals surface area contributed by atoms with Crippen LogP contribution in [0, 0.1) is 5.92 Å². The molecular weight excluding hydrogens is 254 g/mol. The summed E-state index contributed by atoms with van der Waals surface area (Å²) in [4.78, 5) is 25.8. The molecule has 1 aliphatic heterocycles. The number of carbonyl (C=O) groups is 2. The van der Waals surface area contributed by atoms with Crippen molar-refractivity contribution in [3.8, 4) is 0 Å². The first-order chi connectivity index (χ1) is 9.40. The molecule has 3 atom stereocenters. The van der Waals surface area contributed by atoms with Crippen LogP contribution in [0.25, 0.3) is 0 Å². The number of hydrogen-bond donors (Lipinski definition) is 2. The minimum Gasteiger partial charge on any atom is -0.352 e. The third kappa shape index (κ3) is 3.51. The van der Waals surface area contributed by atoms with Crippen molar-refractivity contribution in [2.24, 2.45) is 11.7 Å². The Kier molecular flexibility index (Phi) is 4.68. The van der Waals surface area contributed by atoms with Crippen molar-refractivity contribution in [3.63, 3.8) is 0 Å². The monoisotopic (exact) mass is 281 g/mol. The molecule has 0 bridgehead atoms. The van der Waals surface area contributed by atoms with Crippen LogP contribution in [0.4, 0.5) is 0 Å². The Labute approximate surface area is 121 Å². The number of nitrogens with two attached hydrogens (primary N) is 1. The Balaban J connectivity index is 1.99. The highest BCUT2D eigenvalue weighted by molar-refractivity contribution is 5.86. The molecule has 3 N–H and O–H groups in total. The second kappa shape index (κ2) is 6.12. The van der Waals surface area contributed by atoms with Crippen molar-refractivity contribution in [1.29, 1.82) is 0 Å². The smallest absolute Gasteiger partial charge is 0.242 e. The van der Waals surface area contributed by atoms with Crippen LogP contribution in [0.2, 0.25) is 0 Å². The highest BCUT2D eigenvalue weighted by Gasteiger charge is 2.41. The van der Waals surface area contributed by atoms with Crippen LogP contribution in [-0.2, 0) is 9.59 Å². The molecule has 0 aromatic carbocycles.